The van der Waals surface area contributed by atoms with E-state index in [2.05, 4.69) is 13.1 Å². The Balaban J connectivity index is 2.40. The van der Waals surface area contributed by atoms with Crippen molar-refractivity contribution in [3.63, 3.8) is 0 Å². The van der Waals surface area contributed by atoms with E-state index < -0.39 is 71.5 Å². The molecule has 2 rings (SSSR count). The van der Waals surface area contributed by atoms with E-state index in [0.717, 1.165) is 13.0 Å². The van der Waals surface area contributed by atoms with E-state index in [1.165, 1.54) is 6.92 Å². The first-order valence-electron chi connectivity index (χ1n) is 9.08. The summed E-state index contributed by atoms with van der Waals surface area (Å²) >= 11 is 0. The number of ether oxygens (including phenoxy) is 1. The average molecular weight is 568 g/mol. The predicted molar refractivity (Wildman–Crippen MR) is 109 cm³/mol. The van der Waals surface area contributed by atoms with Gasteiger partial charge in [-0.25, -0.2) is 22.9 Å². The molecular formula is C14H20FN2O15P3. The first kappa shape index (κ1) is 29.7. The van der Waals surface area contributed by atoms with Crippen molar-refractivity contribution in [3.05, 3.63) is 32.6 Å². The number of aromatic amines is 1. The Labute approximate surface area is 194 Å². The molecule has 1 saturated heterocycles. The van der Waals surface area contributed by atoms with Gasteiger partial charge in [0.1, 0.15) is 18.9 Å². The molecule has 1 aliphatic rings. The number of aryl methyl sites for hydroxylation is 1. The Morgan fingerprint density at radius 1 is 1.23 bits per heavy atom. The van der Waals surface area contributed by atoms with Crippen molar-refractivity contribution in [3.8, 4) is 11.8 Å². The smallest absolute Gasteiger partial charge is 0.386 e. The number of phosphoric ester groups is 1. The van der Waals surface area contributed by atoms with E-state index in [1.54, 1.807) is 0 Å². The number of alkyl halides is 1. The Morgan fingerprint density at radius 2 is 1.83 bits per heavy atom. The van der Waals surface area contributed by atoms with Crippen LogP contribution >= 0.6 is 23.5 Å². The highest BCUT2D eigenvalue weighted by Crippen LogP contribution is 2.66. The molecule has 0 aromatic carbocycles. The highest BCUT2D eigenvalue weighted by atomic mass is 31.3. The van der Waals surface area contributed by atoms with Crippen LogP contribution in [0, 0.1) is 18.8 Å². The second-order valence-electron chi connectivity index (χ2n) is 7.01. The van der Waals surface area contributed by atoms with Gasteiger partial charge in [0.15, 0.2) is 11.8 Å². The number of aliphatic hydroxyl groups excluding tert-OH is 1. The number of rotatable bonds is 8. The van der Waals surface area contributed by atoms with Crippen molar-refractivity contribution in [2.45, 2.75) is 44.0 Å². The fourth-order valence-corrected chi connectivity index (χ4v) is 6.34. The van der Waals surface area contributed by atoms with Gasteiger partial charge in [0.2, 0.25) is 0 Å². The van der Waals surface area contributed by atoms with E-state index in [-0.39, 0.29) is 5.69 Å². The van der Waals surface area contributed by atoms with Crippen LogP contribution in [0.4, 0.5) is 4.39 Å². The summed E-state index contributed by atoms with van der Waals surface area (Å²) in [6, 6.07) is 0.920. The van der Waals surface area contributed by atoms with Crippen LogP contribution in [0.3, 0.4) is 0 Å². The molecule has 7 N–H and O–H groups in total. The van der Waals surface area contributed by atoms with Crippen LogP contribution in [-0.2, 0) is 31.6 Å². The molecule has 3 unspecified atom stereocenters. The second-order valence-corrected chi connectivity index (χ2v) is 11.4. The van der Waals surface area contributed by atoms with Crippen molar-refractivity contribution in [1.29, 1.82) is 0 Å². The van der Waals surface area contributed by atoms with E-state index in [9.17, 15) is 47.7 Å². The summed E-state index contributed by atoms with van der Waals surface area (Å²) in [7, 11) is -17.2. The molecule has 0 amide bonds. The van der Waals surface area contributed by atoms with Gasteiger partial charge in [0.05, 0.1) is 6.10 Å². The zero-order chi connectivity index (χ0) is 27.0. The average Bonchev–Trinajstić information content (AvgIpc) is 2.88. The van der Waals surface area contributed by atoms with E-state index in [4.69, 9.17) is 14.5 Å². The maximum Gasteiger partial charge on any atom is 0.490 e. The number of phosphoric acid groups is 3. The van der Waals surface area contributed by atoms with Crippen molar-refractivity contribution in [2.24, 2.45) is 0 Å². The maximum absolute atomic E-state index is 12.7. The van der Waals surface area contributed by atoms with Gasteiger partial charge in [-0.15, -0.1) is 0 Å². The summed E-state index contributed by atoms with van der Waals surface area (Å²) < 4.78 is 64.8. The lowest BCUT2D eigenvalue weighted by Gasteiger charge is -2.28. The number of hydrogen-bond donors (Lipinski definition) is 7. The number of nitrogens with one attached hydrogen (secondary N) is 1. The van der Waals surface area contributed by atoms with Gasteiger partial charge in [0, 0.05) is 11.8 Å². The van der Waals surface area contributed by atoms with Gasteiger partial charge >= 0.3 is 29.2 Å². The van der Waals surface area contributed by atoms with E-state index in [1.807, 2.05) is 16.8 Å². The monoisotopic (exact) mass is 568 g/mol. The number of nitrogens with zero attached hydrogens (tertiary/aromatic N) is 1. The number of aliphatic hydroxyl groups is 2. The molecule has 198 valence electrons. The summed E-state index contributed by atoms with van der Waals surface area (Å²) in [6.07, 6.45) is -7.81. The molecule has 1 fully saturated rings. The maximum atomic E-state index is 12.7. The SMILES string of the molecule is Cc1cc(=O)[nH]c(=O)n1[C@@H]1O[C@H]([C@@H](C)OP(=O)(O)OP(=O)(O)OP(=O)(O)O)[C@H](O)C1(O)C#CCF. The Morgan fingerprint density at radius 3 is 2.34 bits per heavy atom. The molecule has 35 heavy (non-hydrogen) atoms. The molecule has 0 bridgehead atoms. The molecule has 1 aliphatic heterocycles. The minimum Gasteiger partial charge on any atom is -0.386 e. The Bertz CT molecular complexity index is 1280. The topological polar surface area (TPSA) is 264 Å². The first-order chi connectivity index (χ1) is 15.8. The van der Waals surface area contributed by atoms with E-state index >= 15 is 0 Å². The third-order valence-corrected chi connectivity index (χ3v) is 8.29. The lowest BCUT2D eigenvalue weighted by molar-refractivity contribution is -0.0878. The van der Waals surface area contributed by atoms with Crippen LogP contribution in [-0.4, -0.2) is 69.9 Å². The van der Waals surface area contributed by atoms with Crippen molar-refractivity contribution >= 4 is 23.5 Å². The van der Waals surface area contributed by atoms with Gasteiger partial charge in [-0.2, -0.15) is 8.62 Å². The largest absolute Gasteiger partial charge is 0.490 e. The van der Waals surface area contributed by atoms with Crippen molar-refractivity contribution in [1.82, 2.24) is 9.55 Å². The van der Waals surface area contributed by atoms with Crippen LogP contribution in [0.1, 0.15) is 18.8 Å². The fourth-order valence-electron chi connectivity index (χ4n) is 3.14. The predicted octanol–water partition coefficient (Wildman–Crippen LogP) is -1.46. The third kappa shape index (κ3) is 7.25. The molecule has 0 spiro atoms. The molecule has 7 atom stereocenters. The summed E-state index contributed by atoms with van der Waals surface area (Å²) in [5.74, 6) is 3.83. The molecular weight excluding hydrogens is 548 g/mol. The lowest BCUT2D eigenvalue weighted by Crippen LogP contribution is -2.49. The Kier molecular flexibility index (Phi) is 8.86. The normalized spacial score (nSPS) is 29.0. The number of halogens is 1. The molecule has 0 aliphatic carbocycles. The zero-order valence-electron chi connectivity index (χ0n) is 17.6. The third-order valence-electron chi connectivity index (χ3n) is 4.36. The van der Waals surface area contributed by atoms with Crippen LogP contribution in [0.15, 0.2) is 15.7 Å². The summed E-state index contributed by atoms with van der Waals surface area (Å²) in [4.78, 5) is 61.8. The van der Waals surface area contributed by atoms with Gasteiger partial charge in [0.25, 0.3) is 5.56 Å². The molecule has 0 saturated carbocycles. The number of H-pyrrole nitrogens is 1. The summed E-state index contributed by atoms with van der Waals surface area (Å²) in [6.45, 7) is 0.876. The molecule has 1 aromatic rings. The van der Waals surface area contributed by atoms with Crippen molar-refractivity contribution in [2.75, 3.05) is 6.67 Å². The molecule has 0 radical (unpaired) electrons. The lowest BCUT2D eigenvalue weighted by atomic mass is 9.92. The highest BCUT2D eigenvalue weighted by molar-refractivity contribution is 7.66. The minimum absolute atomic E-state index is 0.0994. The number of aromatic nitrogens is 2. The quantitative estimate of drug-likeness (QED) is 0.140. The van der Waals surface area contributed by atoms with Crippen LogP contribution < -0.4 is 11.2 Å². The molecule has 21 heteroatoms. The van der Waals surface area contributed by atoms with Crippen LogP contribution in [0.5, 0.6) is 0 Å². The van der Waals surface area contributed by atoms with Gasteiger partial charge in [-0.05, 0) is 13.8 Å². The fraction of sp³-hybridized carbons (Fsp3) is 0.571. The van der Waals surface area contributed by atoms with Crippen molar-refractivity contribution < 1.29 is 65.8 Å². The highest BCUT2D eigenvalue weighted by Gasteiger charge is 2.59. The first-order valence-corrected chi connectivity index (χ1v) is 13.6. The zero-order valence-corrected chi connectivity index (χ0v) is 20.3. The molecule has 2 heterocycles. The summed E-state index contributed by atoms with van der Waals surface area (Å²) in [5, 5.41) is 21.6. The summed E-state index contributed by atoms with van der Waals surface area (Å²) in [5.41, 5.74) is -4.80. The second kappa shape index (κ2) is 10.4. The minimum atomic E-state index is -5.85. The number of hydrogen-bond acceptors (Lipinski definition) is 11. The van der Waals surface area contributed by atoms with Gasteiger partial charge < -0.3 is 34.5 Å². The van der Waals surface area contributed by atoms with Gasteiger partial charge in [-0.1, -0.05) is 11.8 Å². The van der Waals surface area contributed by atoms with Crippen LogP contribution in [0.2, 0.25) is 0 Å². The van der Waals surface area contributed by atoms with Gasteiger partial charge in [-0.3, -0.25) is 18.9 Å². The molecule has 1 aromatic heterocycles. The molecule has 17 nitrogen and oxygen atoms in total. The Hall–Kier alpha value is -1.54. The standard InChI is InChI=1S/C14H20FN2O15P3/c1-7-6-9(18)16-13(20)17(7)12-14(21,4-3-5-15)11(19)10(29-12)8(2)30-34(25,26)32-35(27,28)31-33(22,23)24/h6,8,10-12,19,21H,5H2,1-2H3,(H,25,26)(H,27,28)(H,16,18,20)(H2,22,23,24)/t8-,10-,11+,12-,14?/m1/s1. The van der Waals surface area contributed by atoms with Crippen LogP contribution in [0.25, 0.3) is 0 Å². The van der Waals surface area contributed by atoms with E-state index in [0.29, 0.717) is 4.57 Å².